The number of benzene rings is 1. The van der Waals surface area contributed by atoms with E-state index >= 15 is 0 Å². The SMILES string of the molecule is O=C(CCn1cnc2sccc2c1=O)N1CCC(c2ccccc2)CC1. The van der Waals surface area contributed by atoms with Crippen molar-refractivity contribution in [3.8, 4) is 0 Å². The lowest BCUT2D eigenvalue weighted by molar-refractivity contribution is -0.132. The van der Waals surface area contributed by atoms with Gasteiger partial charge in [-0.05, 0) is 35.8 Å². The van der Waals surface area contributed by atoms with Crippen LogP contribution in [0.3, 0.4) is 0 Å². The smallest absolute Gasteiger partial charge is 0.262 e. The summed E-state index contributed by atoms with van der Waals surface area (Å²) in [5.41, 5.74) is 1.30. The van der Waals surface area contributed by atoms with Gasteiger partial charge < -0.3 is 4.90 Å². The predicted octanol–water partition coefficient (Wildman–Crippen LogP) is 3.25. The zero-order chi connectivity index (χ0) is 17.9. The number of thiophene rings is 1. The van der Waals surface area contributed by atoms with Crippen molar-refractivity contribution in [1.29, 1.82) is 0 Å². The van der Waals surface area contributed by atoms with Gasteiger partial charge in [-0.25, -0.2) is 4.98 Å². The Morgan fingerprint density at radius 2 is 1.92 bits per heavy atom. The maximum atomic E-state index is 12.5. The quantitative estimate of drug-likeness (QED) is 0.711. The highest BCUT2D eigenvalue weighted by atomic mass is 32.1. The lowest BCUT2D eigenvalue weighted by atomic mass is 9.89. The molecule has 0 N–H and O–H groups in total. The first-order chi connectivity index (χ1) is 12.7. The van der Waals surface area contributed by atoms with Crippen LogP contribution in [-0.2, 0) is 11.3 Å². The fraction of sp³-hybridized carbons (Fsp3) is 0.350. The normalized spacial score (nSPS) is 15.5. The summed E-state index contributed by atoms with van der Waals surface area (Å²) in [6.07, 6.45) is 3.89. The van der Waals surface area contributed by atoms with Gasteiger partial charge in [0.25, 0.3) is 5.56 Å². The number of carbonyl (C=O) groups excluding carboxylic acids is 1. The molecular formula is C20H21N3O2S. The zero-order valence-electron chi connectivity index (χ0n) is 14.5. The van der Waals surface area contributed by atoms with Crippen molar-refractivity contribution in [1.82, 2.24) is 14.5 Å². The number of hydrogen-bond donors (Lipinski definition) is 0. The van der Waals surface area contributed by atoms with Crippen LogP contribution < -0.4 is 5.56 Å². The van der Waals surface area contributed by atoms with Crippen LogP contribution >= 0.6 is 11.3 Å². The number of carbonyl (C=O) groups is 1. The van der Waals surface area contributed by atoms with Crippen LogP contribution in [0.1, 0.15) is 30.7 Å². The molecule has 0 radical (unpaired) electrons. The summed E-state index contributed by atoms with van der Waals surface area (Å²) >= 11 is 1.46. The minimum absolute atomic E-state index is 0.0631. The summed E-state index contributed by atoms with van der Waals surface area (Å²) in [7, 11) is 0. The summed E-state index contributed by atoms with van der Waals surface area (Å²) in [6, 6.07) is 12.3. The van der Waals surface area contributed by atoms with E-state index in [1.807, 2.05) is 16.3 Å². The minimum atomic E-state index is -0.0631. The maximum Gasteiger partial charge on any atom is 0.262 e. The van der Waals surface area contributed by atoms with Crippen LogP contribution in [0.4, 0.5) is 0 Å². The number of rotatable bonds is 4. The molecular weight excluding hydrogens is 346 g/mol. The summed E-state index contributed by atoms with van der Waals surface area (Å²) in [5, 5.41) is 2.50. The number of hydrogen-bond acceptors (Lipinski definition) is 4. The van der Waals surface area contributed by atoms with Gasteiger partial charge in [0.15, 0.2) is 0 Å². The molecule has 26 heavy (non-hydrogen) atoms. The van der Waals surface area contributed by atoms with Crippen LogP contribution in [0.2, 0.25) is 0 Å². The van der Waals surface area contributed by atoms with Crippen molar-refractivity contribution in [2.45, 2.75) is 31.7 Å². The van der Waals surface area contributed by atoms with Crippen LogP contribution in [0.5, 0.6) is 0 Å². The van der Waals surface area contributed by atoms with Crippen LogP contribution in [0, 0.1) is 0 Å². The van der Waals surface area contributed by atoms with Gasteiger partial charge >= 0.3 is 0 Å². The van der Waals surface area contributed by atoms with Crippen molar-refractivity contribution in [2.24, 2.45) is 0 Å². The second-order valence-electron chi connectivity index (χ2n) is 6.70. The number of amides is 1. The Hall–Kier alpha value is -2.47. The van der Waals surface area contributed by atoms with E-state index in [2.05, 4.69) is 29.2 Å². The fourth-order valence-electron chi connectivity index (χ4n) is 3.61. The molecule has 0 spiro atoms. The monoisotopic (exact) mass is 367 g/mol. The largest absolute Gasteiger partial charge is 0.343 e. The van der Waals surface area contributed by atoms with Gasteiger partial charge in [0, 0.05) is 26.1 Å². The second kappa shape index (κ2) is 7.41. The van der Waals surface area contributed by atoms with E-state index in [4.69, 9.17) is 0 Å². The highest BCUT2D eigenvalue weighted by molar-refractivity contribution is 7.16. The van der Waals surface area contributed by atoms with Gasteiger partial charge in [-0.2, -0.15) is 0 Å². The second-order valence-corrected chi connectivity index (χ2v) is 7.59. The molecule has 3 heterocycles. The Labute approximate surface area is 155 Å². The van der Waals surface area contributed by atoms with Crippen LogP contribution in [-0.4, -0.2) is 33.4 Å². The average Bonchev–Trinajstić information content (AvgIpc) is 3.18. The van der Waals surface area contributed by atoms with Crippen molar-refractivity contribution >= 4 is 27.5 Å². The first kappa shape index (κ1) is 17.0. The molecule has 0 bridgehead atoms. The van der Waals surface area contributed by atoms with E-state index < -0.39 is 0 Å². The van der Waals surface area contributed by atoms with Crippen molar-refractivity contribution in [2.75, 3.05) is 13.1 Å². The van der Waals surface area contributed by atoms with E-state index in [-0.39, 0.29) is 11.5 Å². The molecule has 134 valence electrons. The molecule has 5 nitrogen and oxygen atoms in total. The van der Waals surface area contributed by atoms with Gasteiger partial charge in [-0.3, -0.25) is 14.2 Å². The molecule has 1 aliphatic heterocycles. The number of aromatic nitrogens is 2. The van der Waals surface area contributed by atoms with Gasteiger partial charge in [0.2, 0.25) is 5.91 Å². The number of piperidine rings is 1. The molecule has 1 amide bonds. The van der Waals surface area contributed by atoms with E-state index in [0.717, 1.165) is 30.8 Å². The molecule has 4 rings (SSSR count). The fourth-order valence-corrected chi connectivity index (χ4v) is 4.34. The van der Waals surface area contributed by atoms with Crippen molar-refractivity contribution in [3.63, 3.8) is 0 Å². The average molecular weight is 367 g/mol. The lowest BCUT2D eigenvalue weighted by Crippen LogP contribution is -2.38. The molecule has 1 aliphatic rings. The third-order valence-corrected chi connectivity index (χ3v) is 5.96. The molecule has 0 saturated carbocycles. The molecule has 0 unspecified atom stereocenters. The molecule has 1 saturated heterocycles. The number of fused-ring (bicyclic) bond motifs is 1. The van der Waals surface area contributed by atoms with Crippen molar-refractivity contribution in [3.05, 3.63) is 64.0 Å². The lowest BCUT2D eigenvalue weighted by Gasteiger charge is -2.32. The number of aryl methyl sites for hydroxylation is 1. The Morgan fingerprint density at radius 3 is 2.69 bits per heavy atom. The van der Waals surface area contributed by atoms with E-state index in [1.54, 1.807) is 17.0 Å². The van der Waals surface area contributed by atoms with Crippen molar-refractivity contribution < 1.29 is 4.79 Å². The molecule has 0 atom stereocenters. The van der Waals surface area contributed by atoms with Crippen LogP contribution in [0.25, 0.3) is 10.2 Å². The first-order valence-electron chi connectivity index (χ1n) is 8.98. The molecule has 0 aliphatic carbocycles. The van der Waals surface area contributed by atoms with E-state index in [9.17, 15) is 9.59 Å². The Morgan fingerprint density at radius 1 is 1.15 bits per heavy atom. The molecule has 2 aromatic heterocycles. The highest BCUT2D eigenvalue weighted by Gasteiger charge is 2.23. The third kappa shape index (κ3) is 3.42. The maximum absolute atomic E-state index is 12.5. The van der Waals surface area contributed by atoms with Gasteiger partial charge in [0.1, 0.15) is 4.83 Å². The Kier molecular flexibility index (Phi) is 4.84. The molecule has 1 aromatic carbocycles. The standard InChI is InChI=1S/C20H21N3O2S/c24-18(8-12-23-14-21-19-17(20(23)25)9-13-26-19)22-10-6-16(7-11-22)15-4-2-1-3-5-15/h1-5,9,13-14,16H,6-8,10-12H2. The van der Waals surface area contributed by atoms with E-state index in [1.165, 1.54) is 16.9 Å². The van der Waals surface area contributed by atoms with Gasteiger partial charge in [-0.15, -0.1) is 11.3 Å². The van der Waals surface area contributed by atoms with Gasteiger partial charge in [0.05, 0.1) is 11.7 Å². The van der Waals surface area contributed by atoms with E-state index in [0.29, 0.717) is 24.3 Å². The predicted molar refractivity (Wildman–Crippen MR) is 103 cm³/mol. The summed E-state index contributed by atoms with van der Waals surface area (Å²) in [6.45, 7) is 1.96. The highest BCUT2D eigenvalue weighted by Crippen LogP contribution is 2.27. The number of likely N-dealkylation sites (tertiary alicyclic amines) is 1. The van der Waals surface area contributed by atoms with Crippen LogP contribution in [0.15, 0.2) is 52.9 Å². The summed E-state index contributed by atoms with van der Waals surface area (Å²) in [4.78, 5) is 31.9. The Bertz CT molecular complexity index is 956. The Balaban J connectivity index is 1.34. The molecule has 6 heteroatoms. The molecule has 1 fully saturated rings. The van der Waals surface area contributed by atoms with Gasteiger partial charge in [-0.1, -0.05) is 30.3 Å². The minimum Gasteiger partial charge on any atom is -0.343 e. The summed E-state index contributed by atoms with van der Waals surface area (Å²) in [5.74, 6) is 0.655. The topological polar surface area (TPSA) is 55.2 Å². The summed E-state index contributed by atoms with van der Waals surface area (Å²) < 4.78 is 1.55. The first-order valence-corrected chi connectivity index (χ1v) is 9.86. The zero-order valence-corrected chi connectivity index (χ0v) is 15.3. The number of nitrogens with zero attached hydrogens (tertiary/aromatic N) is 3. The third-order valence-electron chi connectivity index (χ3n) is 5.14. The molecule has 3 aromatic rings.